The van der Waals surface area contributed by atoms with Crippen LogP contribution in [0.4, 0.5) is 0 Å². The van der Waals surface area contributed by atoms with Gasteiger partial charge in [-0.15, -0.1) is 0 Å². The number of hydrogen-bond acceptors (Lipinski definition) is 0. The maximum atomic E-state index is 2.47. The van der Waals surface area contributed by atoms with Gasteiger partial charge in [0.15, 0.2) is 0 Å². The van der Waals surface area contributed by atoms with Crippen LogP contribution < -0.4 is 0 Å². The lowest BCUT2D eigenvalue weighted by molar-refractivity contribution is 0.530. The smallest absolute Gasteiger partial charge is 0.000885 e. The van der Waals surface area contributed by atoms with Crippen molar-refractivity contribution in [1.29, 1.82) is 0 Å². The van der Waals surface area contributed by atoms with E-state index in [1.54, 1.807) is 5.57 Å². The van der Waals surface area contributed by atoms with Crippen LogP contribution in [0.25, 0.3) is 0 Å². The van der Waals surface area contributed by atoms with Crippen molar-refractivity contribution in [3.63, 3.8) is 0 Å². The van der Waals surface area contributed by atoms with Gasteiger partial charge in [0, 0.05) is 5.92 Å². The molecule has 1 aromatic carbocycles. The monoisotopic (exact) mass is 226 g/mol. The molecule has 0 heterocycles. The lowest BCUT2D eigenvalue weighted by Gasteiger charge is -2.14. The molecule has 0 bridgehead atoms. The molecule has 1 unspecified atom stereocenters. The highest BCUT2D eigenvalue weighted by Crippen LogP contribution is 2.36. The predicted molar refractivity (Wildman–Crippen MR) is 74.9 cm³/mol. The Morgan fingerprint density at radius 2 is 1.71 bits per heavy atom. The van der Waals surface area contributed by atoms with Crippen LogP contribution >= 0.6 is 0 Å². The van der Waals surface area contributed by atoms with Gasteiger partial charge in [0.1, 0.15) is 0 Å². The van der Waals surface area contributed by atoms with Crippen LogP contribution in [0.15, 0.2) is 53.1 Å². The zero-order chi connectivity index (χ0) is 12.4. The minimum absolute atomic E-state index is 0.647. The second-order valence-electron chi connectivity index (χ2n) is 5.43. The molecular formula is C17H22. The normalized spacial score (nSPS) is 20.1. The summed E-state index contributed by atoms with van der Waals surface area (Å²) >= 11 is 0. The van der Waals surface area contributed by atoms with Gasteiger partial charge in [0.25, 0.3) is 0 Å². The van der Waals surface area contributed by atoms with E-state index < -0.39 is 0 Å². The summed E-state index contributed by atoms with van der Waals surface area (Å²) in [5, 5.41) is 0. The first-order chi connectivity index (χ1) is 8.09. The van der Waals surface area contributed by atoms with E-state index in [1.807, 2.05) is 0 Å². The zero-order valence-corrected chi connectivity index (χ0v) is 11.3. The Morgan fingerprint density at radius 3 is 2.24 bits per heavy atom. The number of rotatable bonds is 3. The standard InChI is InChI=1S/C17H22/c1-12(2)17-11-16(13(3)14(17)4)10-15-8-6-5-7-9-15/h5-9,11-12,17H,10H2,1-4H3. The predicted octanol–water partition coefficient (Wildman–Crippen LogP) is 4.78. The van der Waals surface area contributed by atoms with Crippen molar-refractivity contribution in [3.05, 3.63) is 58.7 Å². The van der Waals surface area contributed by atoms with E-state index in [2.05, 4.69) is 64.1 Å². The summed E-state index contributed by atoms with van der Waals surface area (Å²) in [6, 6.07) is 10.8. The Labute approximate surface area is 105 Å². The van der Waals surface area contributed by atoms with Gasteiger partial charge in [0.05, 0.1) is 0 Å². The van der Waals surface area contributed by atoms with Gasteiger partial charge in [0.2, 0.25) is 0 Å². The fourth-order valence-electron chi connectivity index (χ4n) is 2.67. The molecule has 0 saturated heterocycles. The molecule has 17 heavy (non-hydrogen) atoms. The fourth-order valence-corrected chi connectivity index (χ4v) is 2.67. The van der Waals surface area contributed by atoms with E-state index in [0.717, 1.165) is 6.42 Å². The summed E-state index contributed by atoms with van der Waals surface area (Å²) in [6.07, 6.45) is 3.55. The summed E-state index contributed by atoms with van der Waals surface area (Å²) < 4.78 is 0. The quantitative estimate of drug-likeness (QED) is 0.696. The van der Waals surface area contributed by atoms with Crippen LogP contribution in [0, 0.1) is 11.8 Å². The third-order valence-electron chi connectivity index (χ3n) is 3.91. The zero-order valence-electron chi connectivity index (χ0n) is 11.3. The van der Waals surface area contributed by atoms with Crippen molar-refractivity contribution in [2.75, 3.05) is 0 Å². The fraction of sp³-hybridized carbons (Fsp3) is 0.412. The van der Waals surface area contributed by atoms with Gasteiger partial charge in [-0.1, -0.05) is 55.8 Å². The molecule has 0 aliphatic heterocycles. The van der Waals surface area contributed by atoms with E-state index >= 15 is 0 Å². The molecule has 2 rings (SSSR count). The molecule has 0 spiro atoms. The maximum Gasteiger partial charge on any atom is 0.000885 e. The van der Waals surface area contributed by atoms with Gasteiger partial charge in [-0.05, 0) is 42.9 Å². The van der Waals surface area contributed by atoms with Crippen molar-refractivity contribution in [1.82, 2.24) is 0 Å². The first-order valence-electron chi connectivity index (χ1n) is 6.52. The third kappa shape index (κ3) is 2.52. The summed E-state index contributed by atoms with van der Waals surface area (Å²) in [5.74, 6) is 1.35. The lowest BCUT2D eigenvalue weighted by Crippen LogP contribution is -2.04. The molecule has 0 radical (unpaired) electrons. The van der Waals surface area contributed by atoms with Crippen LogP contribution in [-0.2, 0) is 6.42 Å². The van der Waals surface area contributed by atoms with Gasteiger partial charge < -0.3 is 0 Å². The summed E-state index contributed by atoms with van der Waals surface area (Å²) in [6.45, 7) is 9.17. The largest absolute Gasteiger partial charge is 0.0733 e. The second-order valence-corrected chi connectivity index (χ2v) is 5.43. The molecule has 0 nitrogen and oxygen atoms in total. The summed E-state index contributed by atoms with van der Waals surface area (Å²) in [4.78, 5) is 0. The molecule has 1 atom stereocenters. The van der Waals surface area contributed by atoms with Crippen LogP contribution in [0.5, 0.6) is 0 Å². The Balaban J connectivity index is 2.21. The van der Waals surface area contributed by atoms with E-state index in [9.17, 15) is 0 Å². The van der Waals surface area contributed by atoms with Crippen molar-refractivity contribution >= 4 is 0 Å². The number of hydrogen-bond donors (Lipinski definition) is 0. The highest BCUT2D eigenvalue weighted by atomic mass is 14.3. The Morgan fingerprint density at radius 1 is 1.06 bits per heavy atom. The van der Waals surface area contributed by atoms with Gasteiger partial charge in [-0.3, -0.25) is 0 Å². The third-order valence-corrected chi connectivity index (χ3v) is 3.91. The van der Waals surface area contributed by atoms with Crippen molar-refractivity contribution < 1.29 is 0 Å². The van der Waals surface area contributed by atoms with Crippen LogP contribution in [-0.4, -0.2) is 0 Å². The molecule has 0 amide bonds. The minimum Gasteiger partial charge on any atom is -0.0733 e. The second kappa shape index (κ2) is 4.91. The first kappa shape index (κ1) is 12.2. The van der Waals surface area contributed by atoms with Crippen LogP contribution in [0.1, 0.15) is 33.3 Å². The average Bonchev–Trinajstić information content (AvgIpc) is 2.59. The molecule has 0 fully saturated rings. The maximum absolute atomic E-state index is 2.47. The Kier molecular flexibility index (Phi) is 3.51. The molecule has 90 valence electrons. The van der Waals surface area contributed by atoms with Crippen molar-refractivity contribution in [2.45, 2.75) is 34.1 Å². The van der Waals surface area contributed by atoms with E-state index in [-0.39, 0.29) is 0 Å². The van der Waals surface area contributed by atoms with E-state index in [0.29, 0.717) is 11.8 Å². The molecule has 0 saturated carbocycles. The molecular weight excluding hydrogens is 204 g/mol. The molecule has 0 N–H and O–H groups in total. The lowest BCUT2D eigenvalue weighted by atomic mass is 9.91. The summed E-state index contributed by atoms with van der Waals surface area (Å²) in [7, 11) is 0. The van der Waals surface area contributed by atoms with Crippen molar-refractivity contribution in [2.24, 2.45) is 11.8 Å². The van der Waals surface area contributed by atoms with Gasteiger partial charge in [-0.25, -0.2) is 0 Å². The molecule has 1 aromatic rings. The van der Waals surface area contributed by atoms with Gasteiger partial charge in [-0.2, -0.15) is 0 Å². The number of allylic oxidation sites excluding steroid dienone is 4. The molecule has 1 aliphatic carbocycles. The first-order valence-corrected chi connectivity index (χ1v) is 6.52. The minimum atomic E-state index is 0.647. The number of benzene rings is 1. The highest BCUT2D eigenvalue weighted by Gasteiger charge is 2.22. The molecule has 1 aliphatic rings. The van der Waals surface area contributed by atoms with Gasteiger partial charge >= 0.3 is 0 Å². The molecule has 0 aromatic heterocycles. The van der Waals surface area contributed by atoms with E-state index in [1.165, 1.54) is 16.7 Å². The topological polar surface area (TPSA) is 0 Å². The average molecular weight is 226 g/mol. The van der Waals surface area contributed by atoms with Crippen LogP contribution in [0.3, 0.4) is 0 Å². The Bertz CT molecular complexity index is 446. The SMILES string of the molecule is CC1=C(C)C(C(C)C)C=C1Cc1ccccc1. The van der Waals surface area contributed by atoms with E-state index in [4.69, 9.17) is 0 Å². The Hall–Kier alpha value is -1.30. The highest BCUT2D eigenvalue weighted by molar-refractivity contribution is 5.45. The molecule has 0 heteroatoms. The summed E-state index contributed by atoms with van der Waals surface area (Å²) in [5.41, 5.74) is 6.00. The van der Waals surface area contributed by atoms with Crippen molar-refractivity contribution in [3.8, 4) is 0 Å². The van der Waals surface area contributed by atoms with Crippen LogP contribution in [0.2, 0.25) is 0 Å².